The Bertz CT molecular complexity index is 217. The Labute approximate surface area is 80.3 Å². The number of aliphatic imine (C=N–C) groups is 1. The summed E-state index contributed by atoms with van der Waals surface area (Å²) in [5.41, 5.74) is 1.04. The van der Waals surface area contributed by atoms with Gasteiger partial charge < -0.3 is 5.32 Å². The van der Waals surface area contributed by atoms with E-state index < -0.39 is 0 Å². The number of likely N-dealkylation sites (N-methyl/N-ethyl adjacent to an activating group) is 1. The molecule has 0 aromatic rings. The lowest BCUT2D eigenvalue weighted by Gasteiger charge is -2.00. The van der Waals surface area contributed by atoms with Crippen molar-refractivity contribution in [3.05, 3.63) is 23.9 Å². The van der Waals surface area contributed by atoms with Crippen LogP contribution in [0.5, 0.6) is 0 Å². The van der Waals surface area contributed by atoms with Gasteiger partial charge in [-0.15, -0.1) is 0 Å². The lowest BCUT2D eigenvalue weighted by atomic mass is 10.2. The molecule has 0 fully saturated rings. The van der Waals surface area contributed by atoms with E-state index in [0.717, 1.165) is 5.57 Å². The molecule has 0 radical (unpaired) electrons. The molecule has 0 aliphatic heterocycles. The van der Waals surface area contributed by atoms with Crippen LogP contribution in [0, 0.1) is 0 Å². The molecule has 0 spiro atoms. The molecule has 3 heteroatoms. The predicted molar refractivity (Wildman–Crippen MR) is 57.9 cm³/mol. The van der Waals surface area contributed by atoms with Gasteiger partial charge in [0.15, 0.2) is 0 Å². The van der Waals surface area contributed by atoms with Gasteiger partial charge in [-0.25, -0.2) is 0 Å². The van der Waals surface area contributed by atoms with Crippen molar-refractivity contribution >= 4 is 12.6 Å². The highest BCUT2D eigenvalue weighted by molar-refractivity contribution is 5.94. The molecule has 0 heterocycles. The number of carbonyl (C=O) groups excluding carboxylic acids is 1. The van der Waals surface area contributed by atoms with Crippen molar-refractivity contribution in [2.24, 2.45) is 4.99 Å². The zero-order valence-electron chi connectivity index (χ0n) is 8.85. The van der Waals surface area contributed by atoms with Gasteiger partial charge in [0.2, 0.25) is 0 Å². The standard InChI is InChI=1S/C8H12N2O.C2H6/c1-5-6(2)7(9-3)8(11)10-4;1-2/h5H,1,3H2,2,4H3,(H,10,11);1-2H3/b7-6-;. The van der Waals surface area contributed by atoms with Gasteiger partial charge >= 0.3 is 0 Å². The second-order valence-electron chi connectivity index (χ2n) is 1.97. The van der Waals surface area contributed by atoms with E-state index in [0.29, 0.717) is 5.70 Å². The van der Waals surface area contributed by atoms with E-state index in [1.54, 1.807) is 20.0 Å². The van der Waals surface area contributed by atoms with Crippen molar-refractivity contribution in [2.45, 2.75) is 20.8 Å². The number of rotatable bonds is 3. The second-order valence-corrected chi connectivity index (χ2v) is 1.97. The summed E-state index contributed by atoms with van der Waals surface area (Å²) in [4.78, 5) is 14.6. The Morgan fingerprint density at radius 3 is 2.15 bits per heavy atom. The van der Waals surface area contributed by atoms with Crippen LogP contribution in [0.15, 0.2) is 28.9 Å². The van der Waals surface area contributed by atoms with Crippen LogP contribution in [0.25, 0.3) is 0 Å². The van der Waals surface area contributed by atoms with Crippen LogP contribution < -0.4 is 5.32 Å². The molecular formula is C10H18N2O. The number of carbonyl (C=O) groups is 1. The number of nitrogens with one attached hydrogen (secondary N) is 1. The van der Waals surface area contributed by atoms with Crippen molar-refractivity contribution in [2.75, 3.05) is 7.05 Å². The number of hydrogen-bond donors (Lipinski definition) is 1. The van der Waals surface area contributed by atoms with E-state index >= 15 is 0 Å². The predicted octanol–water partition coefficient (Wildman–Crippen LogP) is 1.92. The first-order chi connectivity index (χ1) is 6.17. The summed E-state index contributed by atoms with van der Waals surface area (Å²) in [7, 11) is 1.55. The number of nitrogens with zero attached hydrogens (tertiary/aromatic N) is 1. The Morgan fingerprint density at radius 2 is 1.92 bits per heavy atom. The van der Waals surface area contributed by atoms with Crippen molar-refractivity contribution in [1.82, 2.24) is 5.32 Å². The van der Waals surface area contributed by atoms with E-state index in [9.17, 15) is 4.79 Å². The maximum Gasteiger partial charge on any atom is 0.269 e. The molecule has 1 N–H and O–H groups in total. The van der Waals surface area contributed by atoms with Gasteiger partial charge in [0.05, 0.1) is 0 Å². The minimum atomic E-state index is -0.239. The number of hydrogen-bond acceptors (Lipinski definition) is 2. The van der Waals surface area contributed by atoms with E-state index in [2.05, 4.69) is 23.6 Å². The molecule has 0 aliphatic rings. The smallest absolute Gasteiger partial charge is 0.269 e. The van der Waals surface area contributed by atoms with Crippen LogP contribution >= 0.6 is 0 Å². The highest BCUT2D eigenvalue weighted by atomic mass is 16.1. The maximum atomic E-state index is 11.0. The molecule has 0 atom stereocenters. The molecule has 0 saturated heterocycles. The first-order valence-electron chi connectivity index (χ1n) is 4.19. The van der Waals surface area contributed by atoms with Crippen molar-refractivity contribution in [3.63, 3.8) is 0 Å². The third kappa shape index (κ3) is 4.95. The largest absolute Gasteiger partial charge is 0.354 e. The molecule has 0 aromatic carbocycles. The van der Waals surface area contributed by atoms with Gasteiger partial charge in [-0.05, 0) is 19.2 Å². The van der Waals surface area contributed by atoms with Crippen LogP contribution in [-0.2, 0) is 4.79 Å². The van der Waals surface area contributed by atoms with Crippen LogP contribution in [0.1, 0.15) is 20.8 Å². The highest BCUT2D eigenvalue weighted by Gasteiger charge is 2.05. The highest BCUT2D eigenvalue weighted by Crippen LogP contribution is 2.05. The second kappa shape index (κ2) is 8.71. The lowest BCUT2D eigenvalue weighted by molar-refractivity contribution is -0.117. The molecule has 3 nitrogen and oxygen atoms in total. The molecule has 74 valence electrons. The Balaban J connectivity index is 0. The van der Waals surface area contributed by atoms with Crippen molar-refractivity contribution in [1.29, 1.82) is 0 Å². The fourth-order valence-corrected chi connectivity index (χ4v) is 0.591. The molecule has 0 saturated carbocycles. The van der Waals surface area contributed by atoms with Crippen molar-refractivity contribution in [3.8, 4) is 0 Å². The van der Waals surface area contributed by atoms with Gasteiger partial charge in [-0.2, -0.15) is 0 Å². The molecule has 0 bridgehead atoms. The minimum Gasteiger partial charge on any atom is -0.354 e. The van der Waals surface area contributed by atoms with Gasteiger partial charge in [0.1, 0.15) is 5.70 Å². The third-order valence-corrected chi connectivity index (χ3v) is 1.28. The molecule has 13 heavy (non-hydrogen) atoms. The monoisotopic (exact) mass is 182 g/mol. The summed E-state index contributed by atoms with van der Waals surface area (Å²) in [5.74, 6) is -0.239. The molecular weight excluding hydrogens is 164 g/mol. The van der Waals surface area contributed by atoms with Crippen LogP contribution in [-0.4, -0.2) is 19.7 Å². The van der Waals surface area contributed by atoms with E-state index in [-0.39, 0.29) is 5.91 Å². The Hall–Kier alpha value is -1.38. The van der Waals surface area contributed by atoms with E-state index in [4.69, 9.17) is 0 Å². The fourth-order valence-electron chi connectivity index (χ4n) is 0.591. The summed E-state index contributed by atoms with van der Waals surface area (Å²) < 4.78 is 0. The molecule has 0 rings (SSSR count). The summed E-state index contributed by atoms with van der Waals surface area (Å²) in [6.07, 6.45) is 1.57. The quantitative estimate of drug-likeness (QED) is 0.404. The lowest BCUT2D eigenvalue weighted by Crippen LogP contribution is -2.19. The summed E-state index contributed by atoms with van der Waals surface area (Å²) in [6, 6.07) is 0. The molecule has 0 aliphatic carbocycles. The summed E-state index contributed by atoms with van der Waals surface area (Å²) in [6.45, 7) is 12.6. The minimum absolute atomic E-state index is 0.239. The first-order valence-corrected chi connectivity index (χ1v) is 4.19. The van der Waals surface area contributed by atoms with Crippen molar-refractivity contribution < 1.29 is 4.79 Å². The Kier molecular flexibility index (Phi) is 9.49. The third-order valence-electron chi connectivity index (χ3n) is 1.28. The van der Waals surface area contributed by atoms with Crippen LogP contribution in [0.3, 0.4) is 0 Å². The van der Waals surface area contributed by atoms with Gasteiger partial charge in [-0.1, -0.05) is 26.5 Å². The van der Waals surface area contributed by atoms with Crippen LogP contribution in [0.2, 0.25) is 0 Å². The summed E-state index contributed by atoms with van der Waals surface area (Å²) >= 11 is 0. The topological polar surface area (TPSA) is 41.5 Å². The summed E-state index contributed by atoms with van der Waals surface area (Å²) in [5, 5.41) is 2.45. The van der Waals surface area contributed by atoms with E-state index in [1.165, 1.54) is 0 Å². The average Bonchev–Trinajstić information content (AvgIpc) is 2.21. The molecule has 0 aromatic heterocycles. The molecule has 1 amide bonds. The fraction of sp³-hybridized carbons (Fsp3) is 0.400. The van der Waals surface area contributed by atoms with Gasteiger partial charge in [-0.3, -0.25) is 9.79 Å². The zero-order valence-corrected chi connectivity index (χ0v) is 8.85. The van der Waals surface area contributed by atoms with E-state index in [1.807, 2.05) is 13.8 Å². The average molecular weight is 182 g/mol. The van der Waals surface area contributed by atoms with Gasteiger partial charge in [0.25, 0.3) is 5.91 Å². The zero-order chi connectivity index (χ0) is 10.9. The normalized spacial score (nSPS) is 10.2. The number of allylic oxidation sites excluding steroid dienone is 2. The first kappa shape index (κ1) is 14.2. The SMILES string of the molecule is C=C/C(C)=C(\N=C)C(=O)NC.CC. The van der Waals surface area contributed by atoms with Crippen LogP contribution in [0.4, 0.5) is 0 Å². The number of amides is 1. The molecule has 0 unspecified atom stereocenters. The Morgan fingerprint density at radius 1 is 1.46 bits per heavy atom. The maximum absolute atomic E-state index is 11.0. The van der Waals surface area contributed by atoms with Gasteiger partial charge in [0, 0.05) is 7.05 Å².